The van der Waals surface area contributed by atoms with Gasteiger partial charge < -0.3 is 14.4 Å². The second-order valence-electron chi connectivity index (χ2n) is 7.45. The lowest BCUT2D eigenvalue weighted by Crippen LogP contribution is -2.29. The third kappa shape index (κ3) is 3.34. The van der Waals surface area contributed by atoms with Gasteiger partial charge in [0.2, 0.25) is 0 Å². The van der Waals surface area contributed by atoms with E-state index in [9.17, 15) is 9.90 Å². The average molecular weight is 499 g/mol. The molecule has 2 N–H and O–H groups in total. The highest BCUT2D eigenvalue weighted by Crippen LogP contribution is 2.46. The standard InChI is InChI=1S/C23H17BrClN3O3/c1-12-8-18(29)16(10-17(12)25)20-19-21(27-26-20)23(30)28(11-15-6-3-7-31-15)22(19)13-4-2-5-14(24)9-13/h2-10,22,29H,11H2,1H3,(H,26,27). The van der Waals surface area contributed by atoms with Crippen LogP contribution in [-0.4, -0.2) is 26.1 Å². The van der Waals surface area contributed by atoms with E-state index in [1.54, 1.807) is 29.4 Å². The van der Waals surface area contributed by atoms with Crippen LogP contribution in [0.5, 0.6) is 5.75 Å². The molecule has 0 fully saturated rings. The smallest absolute Gasteiger partial charge is 0.273 e. The minimum absolute atomic E-state index is 0.0566. The number of fused-ring (bicyclic) bond motifs is 1. The molecule has 2 aromatic heterocycles. The first-order valence-electron chi connectivity index (χ1n) is 9.60. The third-order valence-corrected chi connectivity index (χ3v) is 6.37. The Morgan fingerprint density at radius 3 is 2.84 bits per heavy atom. The molecule has 0 radical (unpaired) electrons. The Morgan fingerprint density at radius 1 is 1.26 bits per heavy atom. The molecular weight excluding hydrogens is 482 g/mol. The molecule has 5 rings (SSSR count). The van der Waals surface area contributed by atoms with Gasteiger partial charge in [0.1, 0.15) is 22.9 Å². The van der Waals surface area contributed by atoms with E-state index < -0.39 is 6.04 Å². The second-order valence-corrected chi connectivity index (χ2v) is 8.77. The Kier molecular flexibility index (Phi) is 4.87. The molecule has 3 heterocycles. The predicted molar refractivity (Wildman–Crippen MR) is 120 cm³/mol. The summed E-state index contributed by atoms with van der Waals surface area (Å²) in [7, 11) is 0. The number of hydrogen-bond donors (Lipinski definition) is 2. The Morgan fingerprint density at radius 2 is 2.10 bits per heavy atom. The second kappa shape index (κ2) is 7.59. The number of phenolic OH excluding ortho intramolecular Hbond substituents is 1. The summed E-state index contributed by atoms with van der Waals surface area (Å²) < 4.78 is 6.40. The molecule has 1 aliphatic heterocycles. The Bertz CT molecular complexity index is 1300. The number of nitrogens with zero attached hydrogens (tertiary/aromatic N) is 2. The van der Waals surface area contributed by atoms with Crippen molar-refractivity contribution in [3.05, 3.63) is 92.4 Å². The molecule has 8 heteroatoms. The number of aromatic hydroxyl groups is 1. The van der Waals surface area contributed by atoms with E-state index in [1.165, 1.54) is 0 Å². The first kappa shape index (κ1) is 19.9. The number of halogens is 2. The minimum atomic E-state index is -0.418. The summed E-state index contributed by atoms with van der Waals surface area (Å²) >= 11 is 9.86. The Hall–Kier alpha value is -3.03. The van der Waals surface area contributed by atoms with Gasteiger partial charge in [-0.1, -0.05) is 39.7 Å². The first-order chi connectivity index (χ1) is 14.9. The van der Waals surface area contributed by atoms with Crippen LogP contribution in [0.25, 0.3) is 11.3 Å². The number of amides is 1. The zero-order chi connectivity index (χ0) is 21.7. The van der Waals surface area contributed by atoms with Crippen LogP contribution in [0.1, 0.15) is 39.0 Å². The number of phenols is 1. The van der Waals surface area contributed by atoms with Gasteiger partial charge in [0, 0.05) is 20.6 Å². The van der Waals surface area contributed by atoms with Gasteiger partial charge in [-0.05, 0) is 54.4 Å². The van der Waals surface area contributed by atoms with Gasteiger partial charge in [-0.15, -0.1) is 0 Å². The predicted octanol–water partition coefficient (Wildman–Crippen LogP) is 5.85. The number of nitrogens with one attached hydrogen (secondary N) is 1. The van der Waals surface area contributed by atoms with Gasteiger partial charge in [0.25, 0.3) is 5.91 Å². The largest absolute Gasteiger partial charge is 0.507 e. The number of benzene rings is 2. The van der Waals surface area contributed by atoms with E-state index in [-0.39, 0.29) is 11.7 Å². The molecule has 0 saturated carbocycles. The van der Waals surface area contributed by atoms with Crippen LogP contribution in [-0.2, 0) is 6.54 Å². The van der Waals surface area contributed by atoms with Crippen molar-refractivity contribution in [2.45, 2.75) is 19.5 Å². The fraction of sp³-hybridized carbons (Fsp3) is 0.130. The van der Waals surface area contributed by atoms with E-state index in [0.717, 1.165) is 15.6 Å². The summed E-state index contributed by atoms with van der Waals surface area (Å²) in [5.74, 6) is 0.545. The van der Waals surface area contributed by atoms with Crippen LogP contribution in [0.15, 0.2) is 63.7 Å². The minimum Gasteiger partial charge on any atom is -0.507 e. The van der Waals surface area contributed by atoms with Gasteiger partial charge in [-0.2, -0.15) is 5.10 Å². The molecule has 1 aliphatic rings. The maximum atomic E-state index is 13.4. The van der Waals surface area contributed by atoms with Crippen LogP contribution in [0.2, 0.25) is 5.02 Å². The van der Waals surface area contributed by atoms with Crippen LogP contribution in [0, 0.1) is 6.92 Å². The highest BCUT2D eigenvalue weighted by Gasteiger charge is 2.43. The van der Waals surface area contributed by atoms with Crippen molar-refractivity contribution in [2.75, 3.05) is 0 Å². The Balaban J connectivity index is 1.70. The topological polar surface area (TPSA) is 82.4 Å². The molecule has 156 valence electrons. The summed E-state index contributed by atoms with van der Waals surface area (Å²) in [6.45, 7) is 2.12. The number of rotatable bonds is 4. The van der Waals surface area contributed by atoms with Crippen molar-refractivity contribution in [2.24, 2.45) is 0 Å². The van der Waals surface area contributed by atoms with E-state index in [2.05, 4.69) is 26.1 Å². The lowest BCUT2D eigenvalue weighted by molar-refractivity contribution is 0.0717. The maximum absolute atomic E-state index is 13.4. The highest BCUT2D eigenvalue weighted by molar-refractivity contribution is 9.10. The number of aromatic amines is 1. The molecule has 6 nitrogen and oxygen atoms in total. The van der Waals surface area contributed by atoms with Crippen molar-refractivity contribution in [3.8, 4) is 17.0 Å². The number of carbonyl (C=O) groups excluding carboxylic acids is 1. The molecule has 0 saturated heterocycles. The lowest BCUT2D eigenvalue weighted by atomic mass is 9.95. The fourth-order valence-electron chi connectivity index (χ4n) is 4.01. The van der Waals surface area contributed by atoms with E-state index in [4.69, 9.17) is 16.0 Å². The molecule has 31 heavy (non-hydrogen) atoms. The van der Waals surface area contributed by atoms with Crippen LogP contribution in [0.3, 0.4) is 0 Å². The monoisotopic (exact) mass is 497 g/mol. The summed E-state index contributed by atoms with van der Waals surface area (Å²) in [6.07, 6.45) is 1.59. The number of carbonyl (C=O) groups is 1. The maximum Gasteiger partial charge on any atom is 0.273 e. The summed E-state index contributed by atoms with van der Waals surface area (Å²) in [6, 6.07) is 14.3. The molecular formula is C23H17BrClN3O3. The van der Waals surface area contributed by atoms with Crippen molar-refractivity contribution in [1.29, 1.82) is 0 Å². The van der Waals surface area contributed by atoms with E-state index >= 15 is 0 Å². The van der Waals surface area contributed by atoms with Crippen molar-refractivity contribution >= 4 is 33.4 Å². The lowest BCUT2D eigenvalue weighted by Gasteiger charge is -2.26. The van der Waals surface area contributed by atoms with Crippen molar-refractivity contribution < 1.29 is 14.3 Å². The summed E-state index contributed by atoms with van der Waals surface area (Å²) in [5, 5.41) is 18.4. The molecule has 1 unspecified atom stereocenters. The number of furan rings is 1. The summed E-state index contributed by atoms with van der Waals surface area (Å²) in [5.41, 5.74) is 3.73. The Labute approximate surface area is 191 Å². The zero-order valence-electron chi connectivity index (χ0n) is 16.4. The van der Waals surface area contributed by atoms with Crippen molar-refractivity contribution in [3.63, 3.8) is 0 Å². The van der Waals surface area contributed by atoms with Crippen LogP contribution < -0.4 is 0 Å². The average Bonchev–Trinajstić information content (AvgIpc) is 3.45. The number of aryl methyl sites for hydroxylation is 1. The van der Waals surface area contributed by atoms with Crippen LogP contribution >= 0.6 is 27.5 Å². The van der Waals surface area contributed by atoms with E-state index in [0.29, 0.717) is 39.8 Å². The molecule has 0 bridgehead atoms. The van der Waals surface area contributed by atoms with Gasteiger partial charge in [0.05, 0.1) is 18.8 Å². The van der Waals surface area contributed by atoms with Gasteiger partial charge in [0.15, 0.2) is 0 Å². The number of aromatic nitrogens is 2. The number of H-pyrrole nitrogens is 1. The molecule has 2 aromatic carbocycles. The van der Waals surface area contributed by atoms with Crippen molar-refractivity contribution in [1.82, 2.24) is 15.1 Å². The molecule has 4 aromatic rings. The molecule has 1 amide bonds. The highest BCUT2D eigenvalue weighted by atomic mass is 79.9. The van der Waals surface area contributed by atoms with Gasteiger partial charge in [-0.3, -0.25) is 9.89 Å². The SMILES string of the molecule is Cc1cc(O)c(-c2n[nH]c3c2C(c2cccc(Br)c2)N(Cc2ccco2)C3=O)cc1Cl. The molecule has 0 spiro atoms. The molecule has 0 aliphatic carbocycles. The van der Waals surface area contributed by atoms with Crippen LogP contribution in [0.4, 0.5) is 0 Å². The molecule has 1 atom stereocenters. The first-order valence-corrected chi connectivity index (χ1v) is 10.8. The zero-order valence-corrected chi connectivity index (χ0v) is 18.7. The third-order valence-electron chi connectivity index (χ3n) is 5.47. The van der Waals surface area contributed by atoms with E-state index in [1.807, 2.05) is 37.3 Å². The summed E-state index contributed by atoms with van der Waals surface area (Å²) in [4.78, 5) is 15.1. The number of hydrogen-bond acceptors (Lipinski definition) is 4. The fourth-order valence-corrected chi connectivity index (χ4v) is 4.60. The van der Waals surface area contributed by atoms with Gasteiger partial charge in [-0.25, -0.2) is 0 Å². The normalized spacial score (nSPS) is 15.5. The quantitative estimate of drug-likeness (QED) is 0.370. The van der Waals surface area contributed by atoms with Gasteiger partial charge >= 0.3 is 0 Å².